The predicted octanol–water partition coefficient (Wildman–Crippen LogP) is 9.53. The Morgan fingerprint density at radius 3 is 1.55 bits per heavy atom. The van der Waals surface area contributed by atoms with Crippen LogP contribution in [0.2, 0.25) is 0 Å². The average Bonchev–Trinajstić information content (AvgIpc) is 3.60. The van der Waals surface area contributed by atoms with E-state index in [1.165, 1.54) is 5.56 Å². The van der Waals surface area contributed by atoms with Gasteiger partial charge in [0.05, 0.1) is 57.9 Å². The lowest BCUT2D eigenvalue weighted by molar-refractivity contribution is -0.329. The minimum absolute atomic E-state index is 0.0373. The molecular formula is C49H55N3O8. The molecule has 7 rings (SSSR count). The van der Waals surface area contributed by atoms with Gasteiger partial charge in [0.25, 0.3) is 0 Å². The van der Waals surface area contributed by atoms with E-state index >= 15 is 0 Å². The zero-order valence-corrected chi connectivity index (χ0v) is 34.3. The zero-order chi connectivity index (χ0) is 41.4. The summed E-state index contributed by atoms with van der Waals surface area (Å²) in [5.41, 5.74) is 15.0. The Labute approximate surface area is 353 Å². The van der Waals surface area contributed by atoms with Crippen LogP contribution in [0.15, 0.2) is 157 Å². The number of azide groups is 1. The molecule has 2 aliphatic rings. The summed E-state index contributed by atoms with van der Waals surface area (Å²) in [4.78, 5) is 3.24. The van der Waals surface area contributed by atoms with E-state index in [0.29, 0.717) is 26.2 Å². The van der Waals surface area contributed by atoms with Crippen LogP contribution in [0.25, 0.3) is 10.4 Å². The van der Waals surface area contributed by atoms with E-state index in [1.54, 1.807) is 0 Å². The van der Waals surface area contributed by atoms with Crippen molar-refractivity contribution in [1.82, 2.24) is 0 Å². The van der Waals surface area contributed by atoms with Gasteiger partial charge in [0.1, 0.15) is 24.4 Å². The fourth-order valence-electron chi connectivity index (χ4n) is 7.70. The van der Waals surface area contributed by atoms with Crippen molar-refractivity contribution in [2.24, 2.45) is 5.11 Å². The van der Waals surface area contributed by atoms with Crippen LogP contribution < -0.4 is 0 Å². The summed E-state index contributed by atoms with van der Waals surface area (Å²) >= 11 is 0. The maximum Gasteiger partial charge on any atom is 0.186 e. The van der Waals surface area contributed by atoms with Crippen molar-refractivity contribution in [3.8, 4) is 0 Å². The summed E-state index contributed by atoms with van der Waals surface area (Å²) in [6.07, 6.45) is -3.21. The smallest absolute Gasteiger partial charge is 0.186 e. The van der Waals surface area contributed by atoms with E-state index in [4.69, 9.17) is 37.9 Å². The molecule has 2 heterocycles. The molecule has 5 aromatic rings. The number of aryl methyl sites for hydroxylation is 1. The number of benzene rings is 5. The van der Waals surface area contributed by atoms with Gasteiger partial charge in [-0.2, -0.15) is 0 Å². The molecule has 0 N–H and O–H groups in total. The van der Waals surface area contributed by atoms with E-state index in [2.05, 4.69) is 22.2 Å². The highest BCUT2D eigenvalue weighted by atomic mass is 16.8. The largest absolute Gasteiger partial charge is 0.374 e. The summed E-state index contributed by atoms with van der Waals surface area (Å²) in [6, 6.07) is 49.4. The Morgan fingerprint density at radius 2 is 1.03 bits per heavy atom. The third-order valence-electron chi connectivity index (χ3n) is 10.6. The molecule has 8 atom stereocenters. The van der Waals surface area contributed by atoms with Gasteiger partial charge in [-0.1, -0.05) is 157 Å². The molecule has 0 aromatic heterocycles. The molecule has 0 amide bonds. The Morgan fingerprint density at radius 1 is 0.567 bits per heavy atom. The van der Waals surface area contributed by atoms with Crippen LogP contribution in [0.3, 0.4) is 0 Å². The lowest BCUT2D eigenvalue weighted by atomic mass is 9.97. The lowest BCUT2D eigenvalue weighted by Crippen LogP contribution is -2.62. The van der Waals surface area contributed by atoms with Crippen molar-refractivity contribution in [2.75, 3.05) is 13.2 Å². The average molecular weight is 814 g/mol. The SMILES string of the molecule is CC1(C)O[C@@H]([C@@H](COC2OC(COCc3ccccc3)C(OCc3ccccc3)C(OCc3ccccc3)C2OCc2ccccc2)N=[N+]=[N-])[C@@H](CCc2ccccc2)O1. The van der Waals surface area contributed by atoms with E-state index in [0.717, 1.165) is 28.7 Å². The molecule has 11 nitrogen and oxygen atoms in total. The second kappa shape index (κ2) is 22.1. The van der Waals surface area contributed by atoms with Gasteiger partial charge in [0.2, 0.25) is 0 Å². The van der Waals surface area contributed by atoms with Gasteiger partial charge in [0, 0.05) is 4.91 Å². The van der Waals surface area contributed by atoms with Crippen LogP contribution in [-0.2, 0) is 70.7 Å². The molecule has 0 aliphatic carbocycles. The van der Waals surface area contributed by atoms with Crippen molar-refractivity contribution in [2.45, 2.75) is 108 Å². The normalized spacial score (nSPS) is 24.1. The summed E-state index contributed by atoms with van der Waals surface area (Å²) in [6.45, 7) is 5.12. The topological polar surface area (TPSA) is 123 Å². The van der Waals surface area contributed by atoms with Crippen molar-refractivity contribution >= 4 is 0 Å². The Hall–Kier alpha value is -4.91. The monoisotopic (exact) mass is 813 g/mol. The van der Waals surface area contributed by atoms with Gasteiger partial charge in [-0.25, -0.2) is 0 Å². The van der Waals surface area contributed by atoms with Crippen molar-refractivity contribution in [1.29, 1.82) is 0 Å². The van der Waals surface area contributed by atoms with Crippen molar-refractivity contribution in [3.63, 3.8) is 0 Å². The molecular weight excluding hydrogens is 759 g/mol. The fraction of sp³-hybridized carbons (Fsp3) is 0.388. The molecule has 0 radical (unpaired) electrons. The molecule has 5 unspecified atom stereocenters. The second-order valence-electron chi connectivity index (χ2n) is 15.6. The summed E-state index contributed by atoms with van der Waals surface area (Å²) in [7, 11) is 0. The molecule has 0 spiro atoms. The van der Waals surface area contributed by atoms with E-state index in [9.17, 15) is 5.53 Å². The summed E-state index contributed by atoms with van der Waals surface area (Å²) < 4.78 is 53.3. The standard InChI is InChI=1S/C49H55N3O8/c1-49(2)59-42(29-28-36-18-8-3-9-19-36)44(60-49)41(51-52-50)34-57-48-47(56-33-40-26-16-7-17-27-40)46(55-32-39-24-14-6-15-25-39)45(54-31-38-22-12-5-13-23-38)43(58-48)35-53-30-37-20-10-4-11-21-37/h3-27,41-48H,28-35H2,1-2H3/t41-,42-,43?,44+,45?,46?,47?,48?/m1/s1. The van der Waals surface area contributed by atoms with Gasteiger partial charge in [-0.05, 0) is 60.0 Å². The van der Waals surface area contributed by atoms with Gasteiger partial charge in [0.15, 0.2) is 12.1 Å². The van der Waals surface area contributed by atoms with Crippen molar-refractivity contribution < 1.29 is 37.9 Å². The first-order valence-corrected chi connectivity index (χ1v) is 20.7. The first-order chi connectivity index (χ1) is 29.4. The highest BCUT2D eigenvalue weighted by Crippen LogP contribution is 2.36. The van der Waals surface area contributed by atoms with Crippen LogP contribution >= 0.6 is 0 Å². The lowest BCUT2D eigenvalue weighted by Gasteiger charge is -2.46. The van der Waals surface area contributed by atoms with Gasteiger partial charge in [-0.15, -0.1) is 0 Å². The Balaban J connectivity index is 1.18. The summed E-state index contributed by atoms with van der Waals surface area (Å²) in [5, 5.41) is 4.23. The maximum atomic E-state index is 9.86. The molecule has 2 saturated heterocycles. The number of hydrogen-bond acceptors (Lipinski definition) is 9. The molecule has 60 heavy (non-hydrogen) atoms. The van der Waals surface area contributed by atoms with Crippen LogP contribution in [0.4, 0.5) is 0 Å². The van der Waals surface area contributed by atoms with Crippen LogP contribution in [0.5, 0.6) is 0 Å². The van der Waals surface area contributed by atoms with Gasteiger partial charge in [-0.3, -0.25) is 0 Å². The molecule has 11 heteroatoms. The minimum Gasteiger partial charge on any atom is -0.374 e. The third-order valence-corrected chi connectivity index (χ3v) is 10.6. The molecule has 0 saturated carbocycles. The van der Waals surface area contributed by atoms with E-state index in [1.807, 2.05) is 153 Å². The molecule has 314 valence electrons. The predicted molar refractivity (Wildman–Crippen MR) is 227 cm³/mol. The number of nitrogens with zero attached hydrogens (tertiary/aromatic N) is 3. The van der Waals surface area contributed by atoms with Gasteiger partial charge >= 0.3 is 0 Å². The van der Waals surface area contributed by atoms with Crippen molar-refractivity contribution in [3.05, 3.63) is 190 Å². The number of ether oxygens (including phenoxy) is 8. The Kier molecular flexibility index (Phi) is 15.9. The van der Waals surface area contributed by atoms with Crippen LogP contribution in [-0.4, -0.2) is 68.0 Å². The Bertz CT molecular complexity index is 2020. The van der Waals surface area contributed by atoms with E-state index < -0.39 is 48.6 Å². The molecule has 0 bridgehead atoms. The minimum atomic E-state index is -0.981. The van der Waals surface area contributed by atoms with Crippen LogP contribution in [0.1, 0.15) is 48.1 Å². The fourth-order valence-corrected chi connectivity index (χ4v) is 7.70. The molecule has 2 aliphatic heterocycles. The maximum absolute atomic E-state index is 9.86. The summed E-state index contributed by atoms with van der Waals surface area (Å²) in [5.74, 6) is -0.890. The quantitative estimate of drug-likeness (QED) is 0.0408. The van der Waals surface area contributed by atoms with E-state index in [-0.39, 0.29) is 25.9 Å². The van der Waals surface area contributed by atoms with Gasteiger partial charge < -0.3 is 37.9 Å². The molecule has 5 aromatic carbocycles. The third kappa shape index (κ3) is 12.6. The highest BCUT2D eigenvalue weighted by molar-refractivity contribution is 5.17. The second-order valence-corrected chi connectivity index (χ2v) is 15.6. The highest BCUT2D eigenvalue weighted by Gasteiger charge is 2.50. The number of hydrogen-bond donors (Lipinski definition) is 0. The first-order valence-electron chi connectivity index (χ1n) is 20.7. The number of rotatable bonds is 21. The molecule has 2 fully saturated rings. The first kappa shape index (κ1) is 43.2. The zero-order valence-electron chi connectivity index (χ0n) is 34.3. The van der Waals surface area contributed by atoms with Crippen LogP contribution in [0, 0.1) is 0 Å².